The maximum absolute atomic E-state index is 13.5. The molecule has 11 heteroatoms. The first-order valence-electron chi connectivity index (χ1n) is 11.6. The smallest absolute Gasteiger partial charge is 0.407 e. The SMILES string of the molecule is COC(=O)NCCCn1cc(C(C)N(C(=O)[C@H]2CN(C(=O)O)CCO2)C2CC2)c2cccnc21. The van der Waals surface area contributed by atoms with Crippen LogP contribution in [0.5, 0.6) is 0 Å². The number of nitrogens with one attached hydrogen (secondary N) is 1. The summed E-state index contributed by atoms with van der Waals surface area (Å²) < 4.78 is 12.3. The van der Waals surface area contributed by atoms with Crippen LogP contribution < -0.4 is 5.32 Å². The number of hydrogen-bond acceptors (Lipinski definition) is 6. The fourth-order valence-corrected chi connectivity index (χ4v) is 4.49. The number of aryl methyl sites for hydroxylation is 1. The number of hydrogen-bond donors (Lipinski definition) is 2. The van der Waals surface area contributed by atoms with Gasteiger partial charge >= 0.3 is 12.2 Å². The van der Waals surface area contributed by atoms with Gasteiger partial charge in [0.05, 0.1) is 26.3 Å². The van der Waals surface area contributed by atoms with Gasteiger partial charge in [-0.05, 0) is 38.3 Å². The first-order chi connectivity index (χ1) is 16.4. The zero-order valence-electron chi connectivity index (χ0n) is 19.5. The highest BCUT2D eigenvalue weighted by molar-refractivity contribution is 5.85. The van der Waals surface area contributed by atoms with E-state index in [4.69, 9.17) is 4.74 Å². The molecule has 0 bridgehead atoms. The molecule has 34 heavy (non-hydrogen) atoms. The number of morpholine rings is 1. The van der Waals surface area contributed by atoms with Crippen LogP contribution in [0.15, 0.2) is 24.5 Å². The Morgan fingerprint density at radius 3 is 2.88 bits per heavy atom. The first-order valence-corrected chi connectivity index (χ1v) is 11.6. The maximum Gasteiger partial charge on any atom is 0.407 e. The molecule has 2 atom stereocenters. The molecule has 1 aliphatic heterocycles. The average molecular weight is 474 g/mol. The van der Waals surface area contributed by atoms with Gasteiger partial charge in [-0.3, -0.25) is 4.79 Å². The van der Waals surface area contributed by atoms with E-state index >= 15 is 0 Å². The van der Waals surface area contributed by atoms with Crippen LogP contribution >= 0.6 is 0 Å². The molecule has 0 radical (unpaired) electrons. The Labute approximate surface area is 197 Å². The van der Waals surface area contributed by atoms with Crippen molar-refractivity contribution in [3.05, 3.63) is 30.1 Å². The summed E-state index contributed by atoms with van der Waals surface area (Å²) >= 11 is 0. The van der Waals surface area contributed by atoms with Gasteiger partial charge in [-0.2, -0.15) is 0 Å². The van der Waals surface area contributed by atoms with Crippen molar-refractivity contribution in [2.75, 3.05) is 33.4 Å². The van der Waals surface area contributed by atoms with Gasteiger partial charge in [0.25, 0.3) is 5.91 Å². The Morgan fingerprint density at radius 2 is 2.18 bits per heavy atom. The Balaban J connectivity index is 1.54. The molecule has 2 aliphatic rings. The molecule has 2 N–H and O–H groups in total. The molecular weight excluding hydrogens is 442 g/mol. The number of alkyl carbamates (subject to hydrolysis) is 1. The molecule has 0 aromatic carbocycles. The minimum absolute atomic E-state index is 0.0423. The molecule has 184 valence electrons. The molecule has 3 heterocycles. The molecule has 1 saturated heterocycles. The van der Waals surface area contributed by atoms with Crippen LogP contribution in [0.2, 0.25) is 0 Å². The number of aromatic nitrogens is 2. The lowest BCUT2D eigenvalue weighted by Gasteiger charge is -2.36. The number of rotatable bonds is 8. The van der Waals surface area contributed by atoms with Crippen molar-refractivity contribution < 1.29 is 29.0 Å². The normalized spacial score (nSPS) is 19.0. The number of methoxy groups -OCH3 is 1. The minimum atomic E-state index is -1.04. The first kappa shape index (κ1) is 23.8. The van der Waals surface area contributed by atoms with Gasteiger partial charge < -0.3 is 34.3 Å². The third-order valence-corrected chi connectivity index (χ3v) is 6.37. The summed E-state index contributed by atoms with van der Waals surface area (Å²) in [5.74, 6) is -0.173. The van der Waals surface area contributed by atoms with Gasteiger partial charge in [-0.15, -0.1) is 0 Å². The molecule has 4 rings (SSSR count). The van der Waals surface area contributed by atoms with Gasteiger partial charge in [-0.25, -0.2) is 14.6 Å². The molecule has 1 unspecified atom stereocenters. The Bertz CT molecular complexity index is 1050. The molecule has 1 saturated carbocycles. The molecule has 0 spiro atoms. The van der Waals surface area contributed by atoms with Crippen molar-refractivity contribution in [3.8, 4) is 0 Å². The van der Waals surface area contributed by atoms with Crippen LogP contribution in [0.3, 0.4) is 0 Å². The molecule has 2 aromatic rings. The Hall–Kier alpha value is -3.34. The second-order valence-electron chi connectivity index (χ2n) is 8.66. The average Bonchev–Trinajstić information content (AvgIpc) is 3.62. The topological polar surface area (TPSA) is 126 Å². The lowest BCUT2D eigenvalue weighted by Crippen LogP contribution is -2.53. The highest BCUT2D eigenvalue weighted by atomic mass is 16.5. The van der Waals surface area contributed by atoms with Crippen molar-refractivity contribution >= 4 is 29.1 Å². The van der Waals surface area contributed by atoms with Crippen LogP contribution in [0.25, 0.3) is 11.0 Å². The van der Waals surface area contributed by atoms with Gasteiger partial charge in [0, 0.05) is 49.0 Å². The molecule has 2 fully saturated rings. The highest BCUT2D eigenvalue weighted by Crippen LogP contribution is 2.38. The van der Waals surface area contributed by atoms with Gasteiger partial charge in [0.1, 0.15) is 5.65 Å². The zero-order chi connectivity index (χ0) is 24.2. The van der Waals surface area contributed by atoms with Crippen LogP contribution in [0.1, 0.15) is 37.8 Å². The second kappa shape index (κ2) is 10.3. The lowest BCUT2D eigenvalue weighted by molar-refractivity contribution is -0.151. The largest absolute Gasteiger partial charge is 0.465 e. The van der Waals surface area contributed by atoms with Crippen molar-refractivity contribution in [3.63, 3.8) is 0 Å². The standard InChI is InChI=1S/C23H31N5O6/c1-15(28(16-6-7-16)21(29)19-14-27(23(31)32)11-12-34-19)18-13-26(10-4-9-25-22(30)33-2)20-17(18)5-3-8-24-20/h3,5,8,13,15-16,19H,4,6-7,9-12,14H2,1-2H3,(H,25,30)(H,31,32)/t15?,19-/m1/s1. The van der Waals surface area contributed by atoms with Crippen LogP contribution in [-0.2, 0) is 20.8 Å². The summed E-state index contributed by atoms with van der Waals surface area (Å²) in [4.78, 5) is 43.9. The number of carbonyl (C=O) groups excluding carboxylic acids is 2. The number of carboxylic acid groups (broad SMARTS) is 1. The number of pyridine rings is 1. The van der Waals surface area contributed by atoms with E-state index in [-0.39, 0.29) is 37.7 Å². The molecule has 3 amide bonds. The minimum Gasteiger partial charge on any atom is -0.465 e. The van der Waals surface area contributed by atoms with Crippen molar-refractivity contribution in [1.82, 2.24) is 24.7 Å². The fraction of sp³-hybridized carbons (Fsp3) is 0.565. The van der Waals surface area contributed by atoms with Gasteiger partial charge in [0.2, 0.25) is 0 Å². The van der Waals surface area contributed by atoms with E-state index in [1.165, 1.54) is 12.0 Å². The van der Waals surface area contributed by atoms with Crippen molar-refractivity contribution in [1.29, 1.82) is 0 Å². The van der Waals surface area contributed by atoms with Crippen molar-refractivity contribution in [2.24, 2.45) is 0 Å². The number of carbonyl (C=O) groups is 3. The summed E-state index contributed by atoms with van der Waals surface area (Å²) in [5.41, 5.74) is 1.80. The maximum atomic E-state index is 13.5. The van der Waals surface area contributed by atoms with Crippen molar-refractivity contribution in [2.45, 2.75) is 50.9 Å². The number of nitrogens with zero attached hydrogens (tertiary/aromatic N) is 4. The van der Waals surface area contributed by atoms with E-state index in [1.807, 2.05) is 34.7 Å². The summed E-state index contributed by atoms with van der Waals surface area (Å²) in [6, 6.07) is 3.76. The van der Waals surface area contributed by atoms with Crippen LogP contribution in [-0.4, -0.2) is 88.0 Å². The summed E-state index contributed by atoms with van der Waals surface area (Å²) in [5, 5.41) is 13.0. The zero-order valence-corrected chi connectivity index (χ0v) is 19.5. The predicted octanol–water partition coefficient (Wildman–Crippen LogP) is 2.21. The Morgan fingerprint density at radius 1 is 1.38 bits per heavy atom. The van der Waals surface area contributed by atoms with Crippen LogP contribution in [0.4, 0.5) is 9.59 Å². The van der Waals surface area contributed by atoms with E-state index in [2.05, 4.69) is 15.0 Å². The van der Waals surface area contributed by atoms with E-state index in [1.54, 1.807) is 6.20 Å². The van der Waals surface area contributed by atoms with E-state index in [0.717, 1.165) is 29.4 Å². The highest BCUT2D eigenvalue weighted by Gasteiger charge is 2.42. The number of ether oxygens (including phenoxy) is 2. The third-order valence-electron chi connectivity index (χ3n) is 6.37. The molecular formula is C23H31N5O6. The monoisotopic (exact) mass is 473 g/mol. The van der Waals surface area contributed by atoms with Crippen LogP contribution in [0, 0.1) is 0 Å². The number of amides is 3. The summed E-state index contributed by atoms with van der Waals surface area (Å²) in [6.07, 6.45) is 3.98. The molecule has 11 nitrogen and oxygen atoms in total. The van der Waals surface area contributed by atoms with E-state index in [0.29, 0.717) is 19.5 Å². The van der Waals surface area contributed by atoms with E-state index < -0.39 is 18.3 Å². The van der Waals surface area contributed by atoms with Gasteiger partial charge in [-0.1, -0.05) is 0 Å². The third kappa shape index (κ3) is 5.09. The van der Waals surface area contributed by atoms with Gasteiger partial charge in [0.15, 0.2) is 6.10 Å². The second-order valence-corrected chi connectivity index (χ2v) is 8.66. The van der Waals surface area contributed by atoms with E-state index in [9.17, 15) is 19.5 Å². The quantitative estimate of drug-likeness (QED) is 0.563. The lowest BCUT2D eigenvalue weighted by atomic mass is 10.1. The molecule has 1 aliphatic carbocycles. The Kier molecular flexibility index (Phi) is 7.20. The number of fused-ring (bicyclic) bond motifs is 1. The predicted molar refractivity (Wildman–Crippen MR) is 122 cm³/mol. The summed E-state index contributed by atoms with van der Waals surface area (Å²) in [6.45, 7) is 3.62. The fourth-order valence-electron chi connectivity index (χ4n) is 4.49. The summed E-state index contributed by atoms with van der Waals surface area (Å²) in [7, 11) is 1.33. The molecule has 2 aromatic heterocycles.